The number of carbonyl (C=O) groups excluding carboxylic acids is 2. The molecule has 2 amide bonds. The topological polar surface area (TPSA) is 83.1 Å². The Morgan fingerprint density at radius 1 is 1.45 bits per heavy atom. The Morgan fingerprint density at radius 2 is 2.25 bits per heavy atom. The minimum Gasteiger partial charge on any atom is -0.321 e. The van der Waals surface area contributed by atoms with Crippen LogP contribution in [0.25, 0.3) is 0 Å². The standard InChI is InChI=1S/C14H20N4O2/c1-3-13(19)17-12-8-5-9-15-11(12)7-6-10-16-18-14(20)4-2/h3,5,8-9,16H,1,4,6-7,10H2,2H3,(H,17,19)(H,18,20). The highest BCUT2D eigenvalue weighted by Gasteiger charge is 2.05. The van der Waals surface area contributed by atoms with E-state index in [1.165, 1.54) is 6.08 Å². The van der Waals surface area contributed by atoms with Crippen molar-refractivity contribution in [3.63, 3.8) is 0 Å². The first-order valence-electron chi connectivity index (χ1n) is 6.56. The molecule has 0 aromatic carbocycles. The molecule has 20 heavy (non-hydrogen) atoms. The van der Waals surface area contributed by atoms with Crippen LogP contribution in [0.4, 0.5) is 5.69 Å². The summed E-state index contributed by atoms with van der Waals surface area (Å²) in [5.41, 5.74) is 6.93. The van der Waals surface area contributed by atoms with E-state index in [2.05, 4.69) is 27.7 Å². The fourth-order valence-corrected chi connectivity index (χ4v) is 1.53. The lowest BCUT2D eigenvalue weighted by molar-refractivity contribution is -0.121. The second-order valence-corrected chi connectivity index (χ2v) is 4.12. The highest BCUT2D eigenvalue weighted by Crippen LogP contribution is 2.13. The van der Waals surface area contributed by atoms with Gasteiger partial charge in [-0.3, -0.25) is 20.0 Å². The quantitative estimate of drug-likeness (QED) is 0.378. The second kappa shape index (κ2) is 8.82. The maximum atomic E-state index is 11.3. The molecule has 0 fully saturated rings. The van der Waals surface area contributed by atoms with E-state index in [9.17, 15) is 9.59 Å². The van der Waals surface area contributed by atoms with Gasteiger partial charge in [-0.05, 0) is 31.1 Å². The number of nitrogens with one attached hydrogen (secondary N) is 3. The van der Waals surface area contributed by atoms with E-state index in [1.54, 1.807) is 25.3 Å². The predicted molar refractivity (Wildman–Crippen MR) is 77.8 cm³/mol. The lowest BCUT2D eigenvalue weighted by Crippen LogP contribution is -2.37. The average molecular weight is 276 g/mol. The third-order valence-corrected chi connectivity index (χ3v) is 2.60. The molecule has 0 saturated carbocycles. The van der Waals surface area contributed by atoms with Crippen LogP contribution in [0.3, 0.4) is 0 Å². The van der Waals surface area contributed by atoms with Gasteiger partial charge in [0.25, 0.3) is 0 Å². The SMILES string of the molecule is C=CC(=O)Nc1cccnc1CCCNNC(=O)CC. The monoisotopic (exact) mass is 276 g/mol. The summed E-state index contributed by atoms with van der Waals surface area (Å²) in [5, 5.41) is 2.72. The first-order chi connectivity index (χ1) is 9.67. The van der Waals surface area contributed by atoms with Crippen molar-refractivity contribution < 1.29 is 9.59 Å². The van der Waals surface area contributed by atoms with Crippen molar-refractivity contribution in [3.05, 3.63) is 36.7 Å². The summed E-state index contributed by atoms with van der Waals surface area (Å²) < 4.78 is 0. The van der Waals surface area contributed by atoms with Crippen LogP contribution in [0.2, 0.25) is 0 Å². The number of rotatable bonds is 8. The van der Waals surface area contributed by atoms with Crippen LogP contribution in [0.15, 0.2) is 31.0 Å². The van der Waals surface area contributed by atoms with Gasteiger partial charge < -0.3 is 5.32 Å². The van der Waals surface area contributed by atoms with Gasteiger partial charge in [0.05, 0.1) is 11.4 Å². The molecule has 0 radical (unpaired) electrons. The van der Waals surface area contributed by atoms with Gasteiger partial charge in [0.15, 0.2) is 0 Å². The molecule has 0 aliphatic rings. The maximum Gasteiger partial charge on any atom is 0.247 e. The average Bonchev–Trinajstić information content (AvgIpc) is 2.48. The van der Waals surface area contributed by atoms with Gasteiger partial charge in [0, 0.05) is 19.2 Å². The summed E-state index contributed by atoms with van der Waals surface area (Å²) in [7, 11) is 0. The van der Waals surface area contributed by atoms with Gasteiger partial charge in [-0.15, -0.1) is 0 Å². The summed E-state index contributed by atoms with van der Waals surface area (Å²) >= 11 is 0. The number of aryl methyl sites for hydroxylation is 1. The van der Waals surface area contributed by atoms with E-state index in [1.807, 2.05) is 0 Å². The molecular weight excluding hydrogens is 256 g/mol. The molecule has 6 nitrogen and oxygen atoms in total. The van der Waals surface area contributed by atoms with Crippen LogP contribution in [0.5, 0.6) is 0 Å². The number of hydrogen-bond donors (Lipinski definition) is 3. The van der Waals surface area contributed by atoms with Gasteiger partial charge in [0.1, 0.15) is 0 Å². The molecule has 0 bridgehead atoms. The Labute approximate surface area is 118 Å². The van der Waals surface area contributed by atoms with Crippen molar-refractivity contribution in [2.45, 2.75) is 26.2 Å². The molecular formula is C14H20N4O2. The molecule has 108 valence electrons. The van der Waals surface area contributed by atoms with Crippen LogP contribution in [-0.2, 0) is 16.0 Å². The maximum absolute atomic E-state index is 11.3. The zero-order chi connectivity index (χ0) is 14.8. The number of nitrogens with zero attached hydrogens (tertiary/aromatic N) is 1. The van der Waals surface area contributed by atoms with E-state index in [4.69, 9.17) is 0 Å². The predicted octanol–water partition coefficient (Wildman–Crippen LogP) is 1.17. The van der Waals surface area contributed by atoms with Gasteiger partial charge >= 0.3 is 0 Å². The third kappa shape index (κ3) is 5.62. The van der Waals surface area contributed by atoms with Crippen LogP contribution in [0, 0.1) is 0 Å². The summed E-state index contributed by atoms with van der Waals surface area (Å²) in [5.74, 6) is -0.297. The van der Waals surface area contributed by atoms with Gasteiger partial charge in [-0.2, -0.15) is 0 Å². The molecule has 1 rings (SSSR count). The third-order valence-electron chi connectivity index (χ3n) is 2.60. The normalized spacial score (nSPS) is 9.85. The van der Waals surface area contributed by atoms with Crippen molar-refractivity contribution >= 4 is 17.5 Å². The molecule has 1 aromatic heterocycles. The first-order valence-corrected chi connectivity index (χ1v) is 6.56. The van der Waals surface area contributed by atoms with E-state index < -0.39 is 0 Å². The molecule has 1 aromatic rings. The zero-order valence-electron chi connectivity index (χ0n) is 11.6. The van der Waals surface area contributed by atoms with Crippen LogP contribution in [-0.4, -0.2) is 23.3 Å². The Kier molecular flexibility index (Phi) is 6.99. The van der Waals surface area contributed by atoms with E-state index in [0.717, 1.165) is 12.1 Å². The van der Waals surface area contributed by atoms with E-state index in [-0.39, 0.29) is 11.8 Å². The fourth-order valence-electron chi connectivity index (χ4n) is 1.53. The number of pyridine rings is 1. The molecule has 3 N–H and O–H groups in total. The number of amides is 2. The van der Waals surface area contributed by atoms with Gasteiger partial charge in [-0.25, -0.2) is 5.43 Å². The lowest BCUT2D eigenvalue weighted by Gasteiger charge is -2.09. The molecule has 6 heteroatoms. The first kappa shape index (κ1) is 15.8. The fraction of sp³-hybridized carbons (Fsp3) is 0.357. The Morgan fingerprint density at radius 3 is 2.95 bits per heavy atom. The summed E-state index contributed by atoms with van der Waals surface area (Å²) in [4.78, 5) is 26.6. The highest BCUT2D eigenvalue weighted by molar-refractivity contribution is 5.99. The Balaban J connectivity index is 2.41. The lowest BCUT2D eigenvalue weighted by atomic mass is 10.2. The van der Waals surface area contributed by atoms with Gasteiger partial charge in [-0.1, -0.05) is 13.5 Å². The molecule has 0 unspecified atom stereocenters. The van der Waals surface area contributed by atoms with Crippen molar-refractivity contribution in [3.8, 4) is 0 Å². The zero-order valence-corrected chi connectivity index (χ0v) is 11.6. The number of hydrazine groups is 1. The number of aromatic nitrogens is 1. The van der Waals surface area contributed by atoms with Crippen LogP contribution < -0.4 is 16.2 Å². The minimum absolute atomic E-state index is 0.0400. The number of hydrogen-bond acceptors (Lipinski definition) is 4. The molecule has 0 aliphatic heterocycles. The highest BCUT2D eigenvalue weighted by atomic mass is 16.2. The molecule has 1 heterocycles. The van der Waals surface area contributed by atoms with E-state index >= 15 is 0 Å². The summed E-state index contributed by atoms with van der Waals surface area (Å²) in [6.45, 7) is 5.84. The molecule has 0 spiro atoms. The van der Waals surface area contributed by atoms with Crippen molar-refractivity contribution in [2.75, 3.05) is 11.9 Å². The van der Waals surface area contributed by atoms with Crippen LogP contribution >= 0.6 is 0 Å². The van der Waals surface area contributed by atoms with Crippen molar-refractivity contribution in [1.82, 2.24) is 15.8 Å². The largest absolute Gasteiger partial charge is 0.321 e. The Hall–Kier alpha value is -2.21. The molecule has 0 atom stereocenters. The molecule has 0 saturated heterocycles. The van der Waals surface area contributed by atoms with Crippen LogP contribution in [0.1, 0.15) is 25.5 Å². The van der Waals surface area contributed by atoms with Gasteiger partial charge in [0.2, 0.25) is 11.8 Å². The van der Waals surface area contributed by atoms with E-state index in [0.29, 0.717) is 25.1 Å². The number of anilines is 1. The van der Waals surface area contributed by atoms with Crippen molar-refractivity contribution in [1.29, 1.82) is 0 Å². The molecule has 0 aliphatic carbocycles. The summed E-state index contributed by atoms with van der Waals surface area (Å²) in [6, 6.07) is 3.57. The number of carbonyl (C=O) groups is 2. The minimum atomic E-state index is -0.257. The Bertz CT molecular complexity index is 474. The summed E-state index contributed by atoms with van der Waals surface area (Å²) in [6.07, 6.45) is 4.84. The van der Waals surface area contributed by atoms with Crippen molar-refractivity contribution in [2.24, 2.45) is 0 Å². The second-order valence-electron chi connectivity index (χ2n) is 4.12. The smallest absolute Gasteiger partial charge is 0.247 e.